The van der Waals surface area contributed by atoms with Crippen molar-refractivity contribution in [3.8, 4) is 0 Å². The fraction of sp³-hybridized carbons (Fsp3) is 0.727. The number of rotatable bonds is 3. The van der Waals surface area contributed by atoms with Crippen LogP contribution in [-0.2, 0) is 4.79 Å². The summed E-state index contributed by atoms with van der Waals surface area (Å²) in [6.07, 6.45) is 3.83. The first-order valence-corrected chi connectivity index (χ1v) is 5.31. The van der Waals surface area contributed by atoms with Crippen LogP contribution < -0.4 is 10.6 Å². The minimum atomic E-state index is 0.0663. The average molecular weight is 196 g/mol. The highest BCUT2D eigenvalue weighted by Gasteiger charge is 2.27. The van der Waals surface area contributed by atoms with Crippen molar-refractivity contribution < 1.29 is 4.79 Å². The van der Waals surface area contributed by atoms with E-state index in [4.69, 9.17) is 0 Å². The first kappa shape index (κ1) is 11.2. The summed E-state index contributed by atoms with van der Waals surface area (Å²) in [5, 5.41) is 6.25. The fourth-order valence-corrected chi connectivity index (χ4v) is 1.79. The number of nitrogens with one attached hydrogen (secondary N) is 2. The molecule has 3 heteroatoms. The molecule has 0 aliphatic carbocycles. The van der Waals surface area contributed by atoms with Crippen molar-refractivity contribution >= 4 is 5.91 Å². The zero-order valence-corrected chi connectivity index (χ0v) is 9.05. The van der Waals surface area contributed by atoms with E-state index in [9.17, 15) is 4.79 Å². The molecule has 1 heterocycles. The second-order valence-corrected chi connectivity index (χ2v) is 4.02. The Kier molecular flexibility index (Phi) is 4.14. The molecule has 0 aromatic rings. The van der Waals surface area contributed by atoms with Gasteiger partial charge in [-0.1, -0.05) is 6.08 Å². The van der Waals surface area contributed by atoms with Crippen LogP contribution in [-0.4, -0.2) is 24.5 Å². The van der Waals surface area contributed by atoms with Crippen LogP contribution in [0, 0.1) is 5.92 Å². The molecule has 0 bridgehead atoms. The van der Waals surface area contributed by atoms with Gasteiger partial charge in [-0.25, -0.2) is 0 Å². The van der Waals surface area contributed by atoms with Gasteiger partial charge in [-0.15, -0.1) is 6.58 Å². The third kappa shape index (κ3) is 2.84. The van der Waals surface area contributed by atoms with Crippen molar-refractivity contribution in [2.75, 3.05) is 6.54 Å². The monoisotopic (exact) mass is 196 g/mol. The number of hydrogen-bond donors (Lipinski definition) is 2. The molecular formula is C11H20N2O. The molecular weight excluding hydrogens is 176 g/mol. The molecule has 3 unspecified atom stereocenters. The summed E-state index contributed by atoms with van der Waals surface area (Å²) < 4.78 is 0. The summed E-state index contributed by atoms with van der Waals surface area (Å²) in [4.78, 5) is 11.8. The molecule has 3 nitrogen and oxygen atoms in total. The highest BCUT2D eigenvalue weighted by molar-refractivity contribution is 5.79. The maximum Gasteiger partial charge on any atom is 0.225 e. The zero-order chi connectivity index (χ0) is 10.6. The van der Waals surface area contributed by atoms with Gasteiger partial charge in [0.1, 0.15) is 0 Å². The lowest BCUT2D eigenvalue weighted by Crippen LogP contribution is -2.48. The highest BCUT2D eigenvalue weighted by Crippen LogP contribution is 2.16. The maximum absolute atomic E-state index is 11.8. The molecule has 3 atom stereocenters. The first-order chi connectivity index (χ1) is 6.65. The quantitative estimate of drug-likeness (QED) is 0.663. The second kappa shape index (κ2) is 5.15. The number of carbonyl (C=O) groups is 1. The van der Waals surface area contributed by atoms with Gasteiger partial charge in [-0.3, -0.25) is 4.79 Å². The molecule has 1 aliphatic rings. The van der Waals surface area contributed by atoms with E-state index in [2.05, 4.69) is 24.1 Å². The summed E-state index contributed by atoms with van der Waals surface area (Å²) in [5.74, 6) is 0.267. The van der Waals surface area contributed by atoms with Crippen LogP contribution in [0.25, 0.3) is 0 Å². The zero-order valence-electron chi connectivity index (χ0n) is 9.05. The van der Waals surface area contributed by atoms with E-state index in [1.807, 2.05) is 6.92 Å². The number of carbonyl (C=O) groups excluding carboxylic acids is 1. The van der Waals surface area contributed by atoms with Crippen LogP contribution in [0.4, 0.5) is 0 Å². The Balaban J connectivity index is 2.45. The van der Waals surface area contributed by atoms with E-state index < -0.39 is 0 Å². The molecule has 0 spiro atoms. The Labute approximate surface area is 86.0 Å². The smallest absolute Gasteiger partial charge is 0.225 e. The molecule has 1 fully saturated rings. The standard InChI is InChI=1S/C11H20N2O/c1-4-8(2)13-11(14)10-6-5-7-12-9(10)3/h4,8-10,12H,1,5-7H2,2-3H3,(H,13,14). The van der Waals surface area contributed by atoms with Crippen LogP contribution in [0.1, 0.15) is 26.7 Å². The summed E-state index contributed by atoms with van der Waals surface area (Å²) in [6.45, 7) is 8.68. The summed E-state index contributed by atoms with van der Waals surface area (Å²) in [5.41, 5.74) is 0. The van der Waals surface area contributed by atoms with Crippen LogP contribution >= 0.6 is 0 Å². The Morgan fingerprint density at radius 1 is 1.71 bits per heavy atom. The van der Waals surface area contributed by atoms with Crippen LogP contribution in [0.2, 0.25) is 0 Å². The van der Waals surface area contributed by atoms with E-state index in [0.29, 0.717) is 6.04 Å². The van der Waals surface area contributed by atoms with Crippen molar-refractivity contribution in [2.24, 2.45) is 5.92 Å². The van der Waals surface area contributed by atoms with Gasteiger partial charge >= 0.3 is 0 Å². The van der Waals surface area contributed by atoms with Crippen molar-refractivity contribution in [2.45, 2.75) is 38.8 Å². The van der Waals surface area contributed by atoms with Crippen molar-refractivity contribution in [1.82, 2.24) is 10.6 Å². The number of hydrogen-bond acceptors (Lipinski definition) is 2. The summed E-state index contributed by atoms with van der Waals surface area (Å²) in [7, 11) is 0. The lowest BCUT2D eigenvalue weighted by molar-refractivity contribution is -0.126. The van der Waals surface area contributed by atoms with Gasteiger partial charge in [0.2, 0.25) is 5.91 Å². The number of piperidine rings is 1. The molecule has 0 saturated carbocycles. The predicted molar refractivity (Wildman–Crippen MR) is 58.0 cm³/mol. The lowest BCUT2D eigenvalue weighted by Gasteiger charge is -2.29. The Bertz CT molecular complexity index is 215. The molecule has 0 aromatic carbocycles. The third-order valence-electron chi connectivity index (χ3n) is 2.82. The molecule has 1 rings (SSSR count). The van der Waals surface area contributed by atoms with Gasteiger partial charge in [-0.05, 0) is 33.2 Å². The van der Waals surface area contributed by atoms with Crippen LogP contribution in [0.5, 0.6) is 0 Å². The SMILES string of the molecule is C=CC(C)NC(=O)C1CCCNC1C. The van der Waals surface area contributed by atoms with E-state index in [1.54, 1.807) is 6.08 Å². The van der Waals surface area contributed by atoms with Crippen molar-refractivity contribution in [3.05, 3.63) is 12.7 Å². The Morgan fingerprint density at radius 3 is 3.00 bits per heavy atom. The fourth-order valence-electron chi connectivity index (χ4n) is 1.79. The predicted octanol–water partition coefficient (Wildman–Crippen LogP) is 1.07. The average Bonchev–Trinajstić information content (AvgIpc) is 2.18. The molecule has 1 aliphatic heterocycles. The minimum absolute atomic E-state index is 0.0663. The largest absolute Gasteiger partial charge is 0.350 e. The van der Waals surface area contributed by atoms with Crippen LogP contribution in [0.3, 0.4) is 0 Å². The van der Waals surface area contributed by atoms with Gasteiger partial charge in [-0.2, -0.15) is 0 Å². The molecule has 1 amide bonds. The molecule has 0 aromatic heterocycles. The van der Waals surface area contributed by atoms with E-state index in [1.165, 1.54) is 0 Å². The Hall–Kier alpha value is -0.830. The maximum atomic E-state index is 11.8. The third-order valence-corrected chi connectivity index (χ3v) is 2.82. The van der Waals surface area contributed by atoms with E-state index in [0.717, 1.165) is 19.4 Å². The van der Waals surface area contributed by atoms with E-state index >= 15 is 0 Å². The van der Waals surface area contributed by atoms with Gasteiger partial charge in [0, 0.05) is 12.1 Å². The molecule has 1 saturated heterocycles. The van der Waals surface area contributed by atoms with E-state index in [-0.39, 0.29) is 17.9 Å². The Morgan fingerprint density at radius 2 is 2.43 bits per heavy atom. The normalized spacial score (nSPS) is 29.3. The van der Waals surface area contributed by atoms with Crippen molar-refractivity contribution in [1.29, 1.82) is 0 Å². The number of amides is 1. The second-order valence-electron chi connectivity index (χ2n) is 4.02. The van der Waals surface area contributed by atoms with Gasteiger partial charge in [0.25, 0.3) is 0 Å². The van der Waals surface area contributed by atoms with Gasteiger partial charge in [0.15, 0.2) is 0 Å². The van der Waals surface area contributed by atoms with Crippen molar-refractivity contribution in [3.63, 3.8) is 0 Å². The van der Waals surface area contributed by atoms with Gasteiger partial charge < -0.3 is 10.6 Å². The molecule has 2 N–H and O–H groups in total. The minimum Gasteiger partial charge on any atom is -0.350 e. The topological polar surface area (TPSA) is 41.1 Å². The van der Waals surface area contributed by atoms with Gasteiger partial charge in [0.05, 0.1) is 5.92 Å². The lowest BCUT2D eigenvalue weighted by atomic mass is 9.91. The summed E-state index contributed by atoms with van der Waals surface area (Å²) in [6, 6.07) is 0.359. The molecule has 80 valence electrons. The molecule has 0 radical (unpaired) electrons. The summed E-state index contributed by atoms with van der Waals surface area (Å²) >= 11 is 0. The molecule has 14 heavy (non-hydrogen) atoms. The van der Waals surface area contributed by atoms with Crippen LogP contribution in [0.15, 0.2) is 12.7 Å². The first-order valence-electron chi connectivity index (χ1n) is 5.31. The highest BCUT2D eigenvalue weighted by atomic mass is 16.2.